The van der Waals surface area contributed by atoms with Crippen molar-refractivity contribution in [2.45, 2.75) is 179 Å². The first kappa shape index (κ1) is 53.9. The quantitative estimate of drug-likeness (QED) is 0.0638. The van der Waals surface area contributed by atoms with Crippen LogP contribution in [0.25, 0.3) is 0 Å². The standard InChI is InChI=1S/C37H68N2O13.C5H13N3/c1-14-25-37(10,45)30(41)20(4)27(38-46)18(2)16-35(8,44)32(52-34-28(40)24(39(11)12)15-19(3)48-34)21(5)29(22(6)33(43)50-25)51-26-17-36(9,47-13)31(42)23(7)49-26;1-7(2)5(6)8(3)4/h18-26,28-32,34,40-42,44-46H,14-17H2,1-13H3;6H,1-4H3/b38-27+;/t18-,19-,20+,21+,22-,23+,24+,25-,26+,28-,29+,30-,31+,32-,34+,35-,36-,37-;/m1./s1. The summed E-state index contributed by atoms with van der Waals surface area (Å²) in [6, 6.07) is -0.322. The normalized spacial score (nSPS) is 44.3. The average molecular weight is 864 g/mol. The van der Waals surface area contributed by atoms with Crippen LogP contribution in [-0.2, 0) is 33.2 Å². The summed E-state index contributed by atoms with van der Waals surface area (Å²) in [6.45, 7) is 16.6. The van der Waals surface area contributed by atoms with Gasteiger partial charge >= 0.3 is 5.97 Å². The number of hydrogen-bond donors (Lipinski definition) is 7. The van der Waals surface area contributed by atoms with Gasteiger partial charge in [-0.05, 0) is 74.9 Å². The largest absolute Gasteiger partial charge is 0.459 e. The van der Waals surface area contributed by atoms with Crippen molar-refractivity contribution in [1.82, 2.24) is 14.7 Å². The number of likely N-dealkylation sites (N-methyl/N-ethyl adjacent to an activating group) is 1. The minimum absolute atomic E-state index is 0.0657. The number of carbonyl (C=O) groups excluding carboxylic acids is 1. The summed E-state index contributed by atoms with van der Waals surface area (Å²) >= 11 is 0. The first-order valence-corrected chi connectivity index (χ1v) is 21.2. The van der Waals surface area contributed by atoms with Crippen LogP contribution in [0.2, 0.25) is 0 Å². The number of aliphatic hydroxyl groups is 5. The molecule has 0 amide bonds. The van der Waals surface area contributed by atoms with Gasteiger partial charge in [0.2, 0.25) is 0 Å². The third kappa shape index (κ3) is 12.7. The smallest absolute Gasteiger partial charge is 0.311 e. The maximum absolute atomic E-state index is 14.1. The fourth-order valence-corrected chi connectivity index (χ4v) is 9.01. The van der Waals surface area contributed by atoms with Crippen LogP contribution in [0.3, 0.4) is 0 Å². The van der Waals surface area contributed by atoms with E-state index in [4.69, 9.17) is 33.8 Å². The third-order valence-corrected chi connectivity index (χ3v) is 12.8. The van der Waals surface area contributed by atoms with E-state index in [2.05, 4.69) is 5.16 Å². The number of oxime groups is 1. The molecule has 60 heavy (non-hydrogen) atoms. The second-order valence-corrected chi connectivity index (χ2v) is 18.7. The number of rotatable bonds is 7. The molecule has 3 saturated heterocycles. The van der Waals surface area contributed by atoms with Gasteiger partial charge in [0.15, 0.2) is 18.5 Å². The number of nitrogens with one attached hydrogen (secondary N) is 1. The van der Waals surface area contributed by atoms with E-state index in [9.17, 15) is 35.5 Å². The van der Waals surface area contributed by atoms with Gasteiger partial charge in [-0.1, -0.05) is 32.9 Å². The van der Waals surface area contributed by atoms with Crippen LogP contribution in [0.5, 0.6) is 0 Å². The fraction of sp³-hybridized carbons (Fsp3) is 0.929. The second-order valence-electron chi connectivity index (χ2n) is 18.7. The van der Waals surface area contributed by atoms with Gasteiger partial charge in [0.1, 0.15) is 23.9 Å². The van der Waals surface area contributed by atoms with Crippen molar-refractivity contribution >= 4 is 17.6 Å². The molecule has 0 aromatic heterocycles. The third-order valence-electron chi connectivity index (χ3n) is 12.8. The number of methoxy groups -OCH3 is 1. The van der Waals surface area contributed by atoms with Crippen LogP contribution in [0.1, 0.15) is 94.9 Å². The Morgan fingerprint density at radius 1 is 0.883 bits per heavy atom. The minimum atomic E-state index is -1.97. The highest BCUT2D eigenvalue weighted by molar-refractivity contribution is 5.88. The maximum atomic E-state index is 14.1. The van der Waals surface area contributed by atoms with Gasteiger partial charge < -0.3 is 73.9 Å². The van der Waals surface area contributed by atoms with Gasteiger partial charge in [0.05, 0.1) is 53.4 Å². The number of esters is 1. The predicted octanol–water partition coefficient (Wildman–Crippen LogP) is 2.09. The van der Waals surface area contributed by atoms with Gasteiger partial charge in [0, 0.05) is 65.5 Å². The monoisotopic (exact) mass is 864 g/mol. The highest BCUT2D eigenvalue weighted by Gasteiger charge is 2.53. The topological polar surface area (TPSA) is 240 Å². The molecule has 3 heterocycles. The second kappa shape index (κ2) is 21.9. The summed E-state index contributed by atoms with van der Waals surface area (Å²) in [5, 5.41) is 79.0. The Morgan fingerprint density at radius 3 is 1.92 bits per heavy atom. The summed E-state index contributed by atoms with van der Waals surface area (Å²) in [5.74, 6) is -3.72. The molecule has 3 rings (SSSR count). The number of hydrogen-bond acceptors (Lipinski definition) is 16. The molecule has 0 aromatic rings. The Kier molecular flexibility index (Phi) is 19.7. The van der Waals surface area contributed by atoms with Crippen LogP contribution in [0, 0.1) is 29.1 Å². The summed E-state index contributed by atoms with van der Waals surface area (Å²) < 4.78 is 37.2. The molecule has 18 nitrogen and oxygen atoms in total. The number of ether oxygens (including phenoxy) is 6. The number of nitrogens with zero attached hydrogens (tertiary/aromatic N) is 4. The molecule has 0 aromatic carbocycles. The lowest BCUT2D eigenvalue weighted by Gasteiger charge is -2.49. The molecule has 352 valence electrons. The molecule has 0 aliphatic carbocycles. The molecular weight excluding hydrogens is 782 g/mol. The first-order chi connectivity index (χ1) is 27.5. The van der Waals surface area contributed by atoms with Crippen molar-refractivity contribution < 1.29 is 64.0 Å². The molecule has 0 saturated carbocycles. The van der Waals surface area contributed by atoms with Crippen molar-refractivity contribution in [3.8, 4) is 0 Å². The summed E-state index contributed by atoms with van der Waals surface area (Å²) in [6.07, 6.45) is -9.51. The molecule has 0 bridgehead atoms. The predicted molar refractivity (Wildman–Crippen MR) is 226 cm³/mol. The minimum Gasteiger partial charge on any atom is -0.459 e. The van der Waals surface area contributed by atoms with Gasteiger partial charge in [-0.15, -0.1) is 0 Å². The summed E-state index contributed by atoms with van der Waals surface area (Å²) in [7, 11) is 12.6. The molecule has 3 aliphatic heterocycles. The van der Waals surface area contributed by atoms with Crippen molar-refractivity contribution in [3.63, 3.8) is 0 Å². The van der Waals surface area contributed by atoms with E-state index in [0.29, 0.717) is 12.4 Å². The zero-order chi connectivity index (χ0) is 46.4. The van der Waals surface area contributed by atoms with E-state index in [1.807, 2.05) is 54.1 Å². The fourth-order valence-electron chi connectivity index (χ4n) is 9.01. The van der Waals surface area contributed by atoms with E-state index in [0.717, 1.165) is 0 Å². The van der Waals surface area contributed by atoms with Crippen LogP contribution >= 0.6 is 0 Å². The van der Waals surface area contributed by atoms with E-state index in [1.165, 1.54) is 14.0 Å². The lowest BCUT2D eigenvalue weighted by atomic mass is 9.73. The summed E-state index contributed by atoms with van der Waals surface area (Å²) in [5.41, 5.74) is -4.68. The Morgan fingerprint density at radius 2 is 1.45 bits per heavy atom. The highest BCUT2D eigenvalue weighted by Crippen LogP contribution is 2.41. The lowest BCUT2D eigenvalue weighted by Crippen LogP contribution is -2.61. The first-order valence-electron chi connectivity index (χ1n) is 21.2. The van der Waals surface area contributed by atoms with Crippen LogP contribution in [0.4, 0.5) is 0 Å². The Balaban J connectivity index is 0.00000140. The van der Waals surface area contributed by atoms with Crippen LogP contribution < -0.4 is 0 Å². The molecule has 0 radical (unpaired) electrons. The molecule has 7 N–H and O–H groups in total. The Bertz CT molecular complexity index is 1390. The molecule has 18 heteroatoms. The van der Waals surface area contributed by atoms with Gasteiger partial charge in [-0.3, -0.25) is 10.2 Å². The van der Waals surface area contributed by atoms with Crippen molar-refractivity contribution in [2.75, 3.05) is 49.4 Å². The van der Waals surface area contributed by atoms with Crippen molar-refractivity contribution in [1.29, 1.82) is 5.41 Å². The molecule has 0 unspecified atom stereocenters. The number of aliphatic hydroxyl groups excluding tert-OH is 3. The lowest BCUT2D eigenvalue weighted by molar-refractivity contribution is -0.317. The molecule has 18 atom stereocenters. The van der Waals surface area contributed by atoms with Gasteiger partial charge in [-0.25, -0.2) is 0 Å². The van der Waals surface area contributed by atoms with E-state index in [-0.39, 0.29) is 37.1 Å². The van der Waals surface area contributed by atoms with Gasteiger partial charge in [-0.2, -0.15) is 0 Å². The number of guanidine groups is 1. The molecular formula is C42H81N5O13. The highest BCUT2D eigenvalue weighted by atomic mass is 16.7. The van der Waals surface area contributed by atoms with E-state index < -0.39 is 102 Å². The van der Waals surface area contributed by atoms with Crippen LogP contribution in [0.15, 0.2) is 5.16 Å². The van der Waals surface area contributed by atoms with Crippen LogP contribution in [-0.4, -0.2) is 197 Å². The van der Waals surface area contributed by atoms with Crippen molar-refractivity contribution in [3.05, 3.63) is 0 Å². The molecule has 0 spiro atoms. The average Bonchev–Trinajstić information content (AvgIpc) is 3.16. The summed E-state index contributed by atoms with van der Waals surface area (Å²) in [4.78, 5) is 19.5. The number of carbonyl (C=O) groups is 1. The van der Waals surface area contributed by atoms with Crippen molar-refractivity contribution in [2.24, 2.45) is 28.8 Å². The van der Waals surface area contributed by atoms with E-state index >= 15 is 0 Å². The Hall–Kier alpha value is -2.23. The maximum Gasteiger partial charge on any atom is 0.311 e. The Labute approximate surface area is 358 Å². The molecule has 3 fully saturated rings. The zero-order valence-corrected chi connectivity index (χ0v) is 39.3. The zero-order valence-electron chi connectivity index (χ0n) is 39.3. The number of cyclic esters (lactones) is 1. The molecule has 3 aliphatic rings. The van der Waals surface area contributed by atoms with Gasteiger partial charge in [0.25, 0.3) is 0 Å². The van der Waals surface area contributed by atoms with E-state index in [1.54, 1.807) is 65.2 Å². The SMILES string of the molecule is CC[C@H]1OC(=O)[C@H](C)[C@@H](O[C@H]2C[C@@](C)(OC)[C@@H](O)[C@H](C)O2)[C@H](C)[C@@H](O[C@@H]2O[C@H](C)C[C@H](N(C)C)[C@H]2O)[C@](C)(O)C[C@@H](C)/C(=N\O)[C@H](C)[C@@H](O)[C@]1(C)O.CN(C)C(=N)N(C)C.